The van der Waals surface area contributed by atoms with Crippen molar-refractivity contribution in [3.63, 3.8) is 0 Å². The van der Waals surface area contributed by atoms with E-state index in [9.17, 15) is 14.4 Å². The van der Waals surface area contributed by atoms with Crippen molar-refractivity contribution in [2.45, 2.75) is 70.8 Å². The summed E-state index contributed by atoms with van der Waals surface area (Å²) < 4.78 is 5.13. The highest BCUT2D eigenvalue weighted by Gasteiger charge is 2.35. The molecule has 0 spiro atoms. The molecule has 3 rings (SSSR count). The number of carbonyl (C=O) groups excluding carboxylic acids is 3. The lowest BCUT2D eigenvalue weighted by Gasteiger charge is -2.27. The maximum atomic E-state index is 12.6. The summed E-state index contributed by atoms with van der Waals surface area (Å²) in [5.41, 5.74) is 2.69. The Morgan fingerprint density at radius 2 is 1.80 bits per heavy atom. The first-order valence-corrected chi connectivity index (χ1v) is 10.8. The van der Waals surface area contributed by atoms with E-state index in [1.54, 1.807) is 12.1 Å². The molecule has 2 amide bonds. The molecule has 1 fully saturated rings. The molecule has 162 valence electrons. The molecule has 1 aromatic rings. The Labute approximate surface area is 178 Å². The van der Waals surface area contributed by atoms with Gasteiger partial charge in [-0.3, -0.25) is 14.4 Å². The van der Waals surface area contributed by atoms with E-state index in [2.05, 4.69) is 32.2 Å². The molecule has 0 unspecified atom stereocenters. The summed E-state index contributed by atoms with van der Waals surface area (Å²) in [6, 6.07) is 7.57. The number of nitrogens with one attached hydrogen (secondary N) is 1. The van der Waals surface area contributed by atoms with E-state index in [0.29, 0.717) is 5.56 Å². The van der Waals surface area contributed by atoms with Crippen LogP contribution in [0, 0.1) is 0 Å². The Morgan fingerprint density at radius 3 is 2.37 bits per heavy atom. The summed E-state index contributed by atoms with van der Waals surface area (Å²) in [5.74, 6) is -1.13. The standard InChI is InChI=1S/C24H32N2O4/c1-24(2,3)18-11-9-17(10-12-18)23(29)25-15-22(28)30-16-21(27)26(20-13-14-20)19-7-5-4-6-8-19/h7,9-12,20H,4-6,8,13-16H2,1-3H3,(H,25,29). The largest absolute Gasteiger partial charge is 0.454 e. The Bertz CT molecular complexity index is 817. The van der Waals surface area contributed by atoms with Gasteiger partial charge in [0.15, 0.2) is 6.61 Å². The van der Waals surface area contributed by atoms with Gasteiger partial charge >= 0.3 is 5.97 Å². The Morgan fingerprint density at radius 1 is 1.10 bits per heavy atom. The summed E-state index contributed by atoms with van der Waals surface area (Å²) >= 11 is 0. The second-order valence-electron chi connectivity index (χ2n) is 9.11. The molecular weight excluding hydrogens is 380 g/mol. The van der Waals surface area contributed by atoms with Gasteiger partial charge in [-0.1, -0.05) is 39.0 Å². The maximum Gasteiger partial charge on any atom is 0.325 e. The van der Waals surface area contributed by atoms with Crippen LogP contribution < -0.4 is 5.32 Å². The zero-order chi connectivity index (χ0) is 21.7. The SMILES string of the molecule is CC(C)(C)c1ccc(C(=O)NCC(=O)OCC(=O)N(C2=CCCCC2)C2CC2)cc1. The fourth-order valence-corrected chi connectivity index (χ4v) is 3.61. The Kier molecular flexibility index (Phi) is 6.95. The number of amides is 2. The van der Waals surface area contributed by atoms with Crippen LogP contribution in [0.3, 0.4) is 0 Å². The summed E-state index contributed by atoms with van der Waals surface area (Å²) in [7, 11) is 0. The number of carbonyl (C=O) groups is 3. The van der Waals surface area contributed by atoms with Gasteiger partial charge in [0.05, 0.1) is 0 Å². The zero-order valence-electron chi connectivity index (χ0n) is 18.2. The van der Waals surface area contributed by atoms with Crippen LogP contribution in [0.1, 0.15) is 75.2 Å². The van der Waals surface area contributed by atoms with E-state index in [0.717, 1.165) is 49.8 Å². The van der Waals surface area contributed by atoms with Crippen molar-refractivity contribution in [2.75, 3.05) is 13.2 Å². The highest BCUT2D eigenvalue weighted by molar-refractivity contribution is 5.96. The van der Waals surface area contributed by atoms with Gasteiger partial charge in [0.25, 0.3) is 11.8 Å². The molecule has 30 heavy (non-hydrogen) atoms. The van der Waals surface area contributed by atoms with Crippen molar-refractivity contribution >= 4 is 17.8 Å². The molecule has 2 aliphatic carbocycles. The zero-order valence-corrected chi connectivity index (χ0v) is 18.2. The molecule has 2 aliphatic rings. The molecule has 0 heterocycles. The molecule has 0 saturated heterocycles. The number of benzene rings is 1. The van der Waals surface area contributed by atoms with Crippen LogP contribution in [0.25, 0.3) is 0 Å². The van der Waals surface area contributed by atoms with Crippen molar-refractivity contribution < 1.29 is 19.1 Å². The highest BCUT2D eigenvalue weighted by Crippen LogP contribution is 2.33. The van der Waals surface area contributed by atoms with Gasteiger partial charge in [0.1, 0.15) is 6.54 Å². The molecule has 0 radical (unpaired) electrons. The molecule has 6 nitrogen and oxygen atoms in total. The summed E-state index contributed by atoms with van der Waals surface area (Å²) in [5, 5.41) is 2.56. The minimum atomic E-state index is -0.614. The molecule has 1 aromatic carbocycles. The fourth-order valence-electron chi connectivity index (χ4n) is 3.61. The van der Waals surface area contributed by atoms with Gasteiger partial charge in [-0.05, 0) is 61.6 Å². The van der Waals surface area contributed by atoms with Crippen molar-refractivity contribution in [1.82, 2.24) is 10.2 Å². The number of hydrogen-bond donors (Lipinski definition) is 1. The number of ether oxygens (including phenoxy) is 1. The van der Waals surface area contributed by atoms with Crippen molar-refractivity contribution in [3.05, 3.63) is 47.2 Å². The number of allylic oxidation sites excluding steroid dienone is 2. The molecule has 6 heteroatoms. The van der Waals surface area contributed by atoms with Gasteiger partial charge < -0.3 is 15.0 Å². The number of rotatable bonds is 7. The van der Waals surface area contributed by atoms with Gasteiger partial charge in [-0.2, -0.15) is 0 Å². The minimum Gasteiger partial charge on any atom is -0.454 e. The molecule has 0 atom stereocenters. The van der Waals surface area contributed by atoms with Gasteiger partial charge in [0, 0.05) is 17.3 Å². The lowest BCUT2D eigenvalue weighted by atomic mass is 9.87. The maximum absolute atomic E-state index is 12.6. The third-order valence-corrected chi connectivity index (χ3v) is 5.52. The van der Waals surface area contributed by atoms with Crippen LogP contribution in [-0.4, -0.2) is 41.9 Å². The predicted octanol–water partition coefficient (Wildman–Crippen LogP) is 3.71. The van der Waals surface area contributed by atoms with E-state index in [4.69, 9.17) is 4.74 Å². The van der Waals surface area contributed by atoms with Crippen LogP contribution in [0.2, 0.25) is 0 Å². The second-order valence-corrected chi connectivity index (χ2v) is 9.11. The Hall–Kier alpha value is -2.63. The quantitative estimate of drug-likeness (QED) is 0.693. The lowest BCUT2D eigenvalue weighted by Crippen LogP contribution is -2.38. The van der Waals surface area contributed by atoms with Gasteiger partial charge in [-0.15, -0.1) is 0 Å². The third kappa shape index (κ3) is 5.94. The summed E-state index contributed by atoms with van der Waals surface area (Å²) in [4.78, 5) is 38.7. The van der Waals surface area contributed by atoms with Crippen LogP contribution in [0.15, 0.2) is 36.0 Å². The van der Waals surface area contributed by atoms with E-state index < -0.39 is 5.97 Å². The van der Waals surface area contributed by atoms with Crippen LogP contribution >= 0.6 is 0 Å². The number of nitrogens with zero attached hydrogens (tertiary/aromatic N) is 1. The Balaban J connectivity index is 1.45. The van der Waals surface area contributed by atoms with E-state index in [-0.39, 0.29) is 36.4 Å². The average molecular weight is 413 g/mol. The predicted molar refractivity (Wildman–Crippen MR) is 115 cm³/mol. The van der Waals surface area contributed by atoms with E-state index in [1.165, 1.54) is 0 Å². The summed E-state index contributed by atoms with van der Waals surface area (Å²) in [6.45, 7) is 5.76. The first-order chi connectivity index (χ1) is 14.3. The lowest BCUT2D eigenvalue weighted by molar-refractivity contribution is -0.150. The first-order valence-electron chi connectivity index (χ1n) is 10.8. The van der Waals surface area contributed by atoms with Crippen LogP contribution in [-0.2, 0) is 19.7 Å². The minimum absolute atomic E-state index is 0.00731. The van der Waals surface area contributed by atoms with E-state index >= 15 is 0 Å². The van der Waals surface area contributed by atoms with Gasteiger partial charge in [-0.25, -0.2) is 0 Å². The highest BCUT2D eigenvalue weighted by atomic mass is 16.5. The number of hydrogen-bond acceptors (Lipinski definition) is 4. The fraction of sp³-hybridized carbons (Fsp3) is 0.542. The van der Waals surface area contributed by atoms with Crippen LogP contribution in [0.5, 0.6) is 0 Å². The normalized spacial score (nSPS) is 16.4. The second kappa shape index (κ2) is 9.45. The monoisotopic (exact) mass is 412 g/mol. The van der Waals surface area contributed by atoms with Crippen LogP contribution in [0.4, 0.5) is 0 Å². The topological polar surface area (TPSA) is 75.7 Å². The smallest absolute Gasteiger partial charge is 0.325 e. The molecule has 0 bridgehead atoms. The average Bonchev–Trinajstić information content (AvgIpc) is 3.56. The molecular formula is C24H32N2O4. The summed E-state index contributed by atoms with van der Waals surface area (Å²) in [6.07, 6.45) is 8.28. The van der Waals surface area contributed by atoms with Crippen molar-refractivity contribution in [3.8, 4) is 0 Å². The van der Waals surface area contributed by atoms with Gasteiger partial charge in [0.2, 0.25) is 0 Å². The molecule has 1 saturated carbocycles. The molecule has 0 aromatic heterocycles. The van der Waals surface area contributed by atoms with Crippen molar-refractivity contribution in [2.24, 2.45) is 0 Å². The molecule has 0 aliphatic heterocycles. The van der Waals surface area contributed by atoms with Crippen molar-refractivity contribution in [1.29, 1.82) is 0 Å². The molecule has 1 N–H and O–H groups in total. The van der Waals surface area contributed by atoms with E-state index in [1.807, 2.05) is 17.0 Å². The third-order valence-electron chi connectivity index (χ3n) is 5.52. The number of esters is 1. The first kappa shape index (κ1) is 22.1.